The van der Waals surface area contributed by atoms with E-state index in [0.717, 1.165) is 35.6 Å². The molecule has 0 saturated carbocycles. The second kappa shape index (κ2) is 10.3. The molecule has 1 N–H and O–H groups in total. The van der Waals surface area contributed by atoms with Gasteiger partial charge in [0, 0.05) is 6.54 Å². The smallest absolute Gasteiger partial charge is 0.307 e. The van der Waals surface area contributed by atoms with Gasteiger partial charge in [-0.1, -0.05) is 18.2 Å². The second-order valence-electron chi connectivity index (χ2n) is 7.42. The molecule has 6 heteroatoms. The van der Waals surface area contributed by atoms with Crippen LogP contribution in [0, 0.1) is 5.92 Å². The average molecular weight is 414 g/mol. The van der Waals surface area contributed by atoms with E-state index in [1.165, 1.54) is 0 Å². The predicted octanol–water partition coefficient (Wildman–Crippen LogP) is 4.38. The third kappa shape index (κ3) is 5.05. The van der Waals surface area contributed by atoms with E-state index in [2.05, 4.69) is 11.0 Å². The van der Waals surface area contributed by atoms with E-state index in [1.54, 1.807) is 7.11 Å². The molecule has 0 spiro atoms. The van der Waals surface area contributed by atoms with Crippen molar-refractivity contribution in [1.82, 2.24) is 4.90 Å². The van der Waals surface area contributed by atoms with Gasteiger partial charge in [0.15, 0.2) is 11.5 Å². The van der Waals surface area contributed by atoms with Crippen LogP contribution in [0.3, 0.4) is 0 Å². The van der Waals surface area contributed by atoms with Crippen LogP contribution in [0.4, 0.5) is 0 Å². The number of rotatable bonds is 9. The van der Waals surface area contributed by atoms with Gasteiger partial charge in [0.1, 0.15) is 5.75 Å². The lowest BCUT2D eigenvalue weighted by Crippen LogP contribution is -2.41. The zero-order chi connectivity index (χ0) is 21.5. The van der Waals surface area contributed by atoms with Crippen LogP contribution < -0.4 is 14.2 Å². The Labute approximate surface area is 178 Å². The average Bonchev–Trinajstić information content (AvgIpc) is 2.76. The number of hydrogen-bond acceptors (Lipinski definition) is 5. The molecule has 2 aromatic carbocycles. The Balaban J connectivity index is 2.04. The summed E-state index contributed by atoms with van der Waals surface area (Å²) in [5.41, 5.74) is 2.10. The third-order valence-corrected chi connectivity index (χ3v) is 5.46. The number of carboxylic acids is 1. The fourth-order valence-corrected chi connectivity index (χ4v) is 4.11. The standard InChI is InChI=1S/C24H31NO5/c1-4-29-21-12-11-18(15-22(21)30-5-2)23(17-8-6-10-20(14-17)28-3)25-13-7-9-19(16-25)24(26)27/h6,8,10-12,14-15,19,23H,4-5,7,9,13,16H2,1-3H3,(H,26,27). The van der Waals surface area contributed by atoms with Gasteiger partial charge in [0.2, 0.25) is 0 Å². The van der Waals surface area contributed by atoms with Crippen LogP contribution in [0.2, 0.25) is 0 Å². The van der Waals surface area contributed by atoms with E-state index in [-0.39, 0.29) is 12.0 Å². The van der Waals surface area contributed by atoms with Gasteiger partial charge in [0.05, 0.1) is 32.3 Å². The molecular weight excluding hydrogens is 382 g/mol. The first-order valence-electron chi connectivity index (χ1n) is 10.6. The maximum absolute atomic E-state index is 11.7. The predicted molar refractivity (Wildman–Crippen MR) is 116 cm³/mol. The minimum Gasteiger partial charge on any atom is -0.497 e. The summed E-state index contributed by atoms with van der Waals surface area (Å²) in [6.45, 7) is 6.34. The van der Waals surface area contributed by atoms with E-state index in [1.807, 2.05) is 50.2 Å². The number of hydrogen-bond donors (Lipinski definition) is 1. The molecule has 1 saturated heterocycles. The van der Waals surface area contributed by atoms with E-state index < -0.39 is 5.97 Å². The number of ether oxygens (including phenoxy) is 3. The summed E-state index contributed by atoms with van der Waals surface area (Å²) in [5.74, 6) is 1.11. The zero-order valence-corrected chi connectivity index (χ0v) is 18.0. The molecule has 0 aliphatic carbocycles. The number of benzene rings is 2. The molecule has 2 aromatic rings. The number of nitrogens with zero attached hydrogens (tertiary/aromatic N) is 1. The van der Waals surface area contributed by atoms with Crippen LogP contribution in [0.1, 0.15) is 43.9 Å². The summed E-state index contributed by atoms with van der Waals surface area (Å²) in [5, 5.41) is 9.59. The SMILES string of the molecule is CCOc1ccc(C(c2cccc(OC)c2)N2CCCC(C(=O)O)C2)cc1OCC. The Hall–Kier alpha value is -2.73. The molecule has 0 bridgehead atoms. The van der Waals surface area contributed by atoms with Gasteiger partial charge in [-0.15, -0.1) is 0 Å². The fraction of sp³-hybridized carbons (Fsp3) is 0.458. The maximum atomic E-state index is 11.7. The number of carboxylic acid groups (broad SMARTS) is 1. The highest BCUT2D eigenvalue weighted by atomic mass is 16.5. The number of aliphatic carboxylic acids is 1. The van der Waals surface area contributed by atoms with Crippen molar-refractivity contribution in [1.29, 1.82) is 0 Å². The molecular formula is C24H31NO5. The van der Waals surface area contributed by atoms with Crippen molar-refractivity contribution < 1.29 is 24.1 Å². The lowest BCUT2D eigenvalue weighted by Gasteiger charge is -2.38. The van der Waals surface area contributed by atoms with Crippen molar-refractivity contribution in [2.24, 2.45) is 5.92 Å². The van der Waals surface area contributed by atoms with Crippen LogP contribution in [0.5, 0.6) is 17.2 Å². The largest absolute Gasteiger partial charge is 0.497 e. The summed E-state index contributed by atoms with van der Waals surface area (Å²) >= 11 is 0. The summed E-state index contributed by atoms with van der Waals surface area (Å²) in [6, 6.07) is 13.9. The molecule has 2 atom stereocenters. The van der Waals surface area contributed by atoms with Crippen LogP contribution in [-0.2, 0) is 4.79 Å². The molecule has 0 amide bonds. The van der Waals surface area contributed by atoms with Crippen molar-refractivity contribution in [3.05, 3.63) is 53.6 Å². The van der Waals surface area contributed by atoms with Gasteiger partial charge in [-0.3, -0.25) is 9.69 Å². The van der Waals surface area contributed by atoms with Gasteiger partial charge in [-0.05, 0) is 68.6 Å². The highest BCUT2D eigenvalue weighted by Crippen LogP contribution is 2.38. The number of methoxy groups -OCH3 is 1. The van der Waals surface area contributed by atoms with E-state index in [9.17, 15) is 9.90 Å². The van der Waals surface area contributed by atoms with Crippen molar-refractivity contribution in [3.8, 4) is 17.2 Å². The normalized spacial score (nSPS) is 17.9. The van der Waals surface area contributed by atoms with Gasteiger partial charge in [-0.25, -0.2) is 0 Å². The molecule has 2 unspecified atom stereocenters. The minimum absolute atomic E-state index is 0.0999. The van der Waals surface area contributed by atoms with E-state index in [4.69, 9.17) is 14.2 Å². The molecule has 162 valence electrons. The lowest BCUT2D eigenvalue weighted by molar-refractivity contribution is -0.143. The first-order valence-corrected chi connectivity index (χ1v) is 10.6. The molecule has 30 heavy (non-hydrogen) atoms. The first-order chi connectivity index (χ1) is 14.6. The maximum Gasteiger partial charge on any atom is 0.307 e. The van der Waals surface area contributed by atoms with Gasteiger partial charge >= 0.3 is 5.97 Å². The number of carbonyl (C=O) groups is 1. The van der Waals surface area contributed by atoms with Crippen molar-refractivity contribution >= 4 is 5.97 Å². The zero-order valence-electron chi connectivity index (χ0n) is 18.0. The Morgan fingerprint density at radius 2 is 1.83 bits per heavy atom. The van der Waals surface area contributed by atoms with Crippen molar-refractivity contribution in [2.75, 3.05) is 33.4 Å². The summed E-state index contributed by atoms with van der Waals surface area (Å²) in [6.07, 6.45) is 1.57. The van der Waals surface area contributed by atoms with Crippen LogP contribution >= 0.6 is 0 Å². The topological polar surface area (TPSA) is 68.2 Å². The van der Waals surface area contributed by atoms with Crippen LogP contribution in [-0.4, -0.2) is 49.4 Å². The van der Waals surface area contributed by atoms with Crippen LogP contribution in [0.25, 0.3) is 0 Å². The Morgan fingerprint density at radius 3 is 2.53 bits per heavy atom. The molecule has 0 radical (unpaired) electrons. The summed E-state index contributed by atoms with van der Waals surface area (Å²) < 4.78 is 17.0. The quantitative estimate of drug-likeness (QED) is 0.658. The van der Waals surface area contributed by atoms with Gasteiger partial charge in [0.25, 0.3) is 0 Å². The van der Waals surface area contributed by atoms with Gasteiger partial charge in [-0.2, -0.15) is 0 Å². The van der Waals surface area contributed by atoms with Gasteiger partial charge < -0.3 is 19.3 Å². The molecule has 1 heterocycles. The second-order valence-corrected chi connectivity index (χ2v) is 7.42. The number of piperidine rings is 1. The minimum atomic E-state index is -0.731. The van der Waals surface area contributed by atoms with Crippen molar-refractivity contribution in [2.45, 2.75) is 32.7 Å². The Morgan fingerprint density at radius 1 is 1.10 bits per heavy atom. The van der Waals surface area contributed by atoms with E-state index in [0.29, 0.717) is 31.9 Å². The molecule has 0 aromatic heterocycles. The Bertz CT molecular complexity index is 853. The van der Waals surface area contributed by atoms with Crippen LogP contribution in [0.15, 0.2) is 42.5 Å². The van der Waals surface area contributed by atoms with E-state index >= 15 is 0 Å². The summed E-state index contributed by atoms with van der Waals surface area (Å²) in [4.78, 5) is 13.9. The summed E-state index contributed by atoms with van der Waals surface area (Å²) in [7, 11) is 1.65. The lowest BCUT2D eigenvalue weighted by atomic mass is 9.91. The van der Waals surface area contributed by atoms with Crippen molar-refractivity contribution in [3.63, 3.8) is 0 Å². The molecule has 3 rings (SSSR count). The fourth-order valence-electron chi connectivity index (χ4n) is 4.11. The first kappa shape index (κ1) is 22.0. The highest BCUT2D eigenvalue weighted by Gasteiger charge is 2.32. The molecule has 6 nitrogen and oxygen atoms in total. The Kier molecular flexibility index (Phi) is 7.57. The highest BCUT2D eigenvalue weighted by molar-refractivity contribution is 5.70. The third-order valence-electron chi connectivity index (χ3n) is 5.46. The monoisotopic (exact) mass is 413 g/mol. The number of likely N-dealkylation sites (tertiary alicyclic amines) is 1. The molecule has 1 aliphatic rings. The molecule has 1 fully saturated rings. The molecule has 1 aliphatic heterocycles.